The maximum Gasteiger partial charge on any atom is 0.119 e. The molecule has 3 nitrogen and oxygen atoms in total. The van der Waals surface area contributed by atoms with Crippen LogP contribution in [0.25, 0.3) is 0 Å². The van der Waals surface area contributed by atoms with Crippen LogP contribution in [0.2, 0.25) is 0 Å². The molecule has 0 saturated heterocycles. The van der Waals surface area contributed by atoms with Crippen LogP contribution >= 0.6 is 0 Å². The van der Waals surface area contributed by atoms with E-state index in [0.717, 1.165) is 18.6 Å². The monoisotopic (exact) mass is 223 g/mol. The highest BCUT2D eigenvalue weighted by Crippen LogP contribution is 2.13. The van der Waals surface area contributed by atoms with E-state index >= 15 is 0 Å². The molecule has 0 bridgehead atoms. The molecule has 90 valence electrons. The van der Waals surface area contributed by atoms with Gasteiger partial charge in [-0.2, -0.15) is 0 Å². The molecule has 0 aliphatic rings. The predicted molar refractivity (Wildman–Crippen MR) is 65.8 cm³/mol. The molecule has 0 aliphatic carbocycles. The van der Waals surface area contributed by atoms with Crippen molar-refractivity contribution >= 4 is 0 Å². The number of nitrogens with two attached hydrogens (primary N) is 1. The van der Waals surface area contributed by atoms with E-state index in [1.807, 2.05) is 12.1 Å². The van der Waals surface area contributed by atoms with Crippen molar-refractivity contribution in [3.63, 3.8) is 0 Å². The molecule has 1 aromatic rings. The maximum atomic E-state index is 5.62. The van der Waals surface area contributed by atoms with Crippen LogP contribution in [-0.4, -0.2) is 26.4 Å². The summed E-state index contributed by atoms with van der Waals surface area (Å²) in [5.41, 5.74) is 6.61. The topological polar surface area (TPSA) is 44.5 Å². The molecule has 0 amide bonds. The standard InChI is InChI=1S/C13H21NO2/c1-2-12-5-3-6-13(11-12)16-9-4-8-15-10-7-14/h3,5-6,11H,2,4,7-10,14H2,1H3. The van der Waals surface area contributed by atoms with Gasteiger partial charge in [0.25, 0.3) is 0 Å². The first-order chi connectivity index (χ1) is 7.86. The quantitative estimate of drug-likeness (QED) is 0.685. The van der Waals surface area contributed by atoms with Crippen LogP contribution in [0.5, 0.6) is 5.75 Å². The molecule has 0 heterocycles. The summed E-state index contributed by atoms with van der Waals surface area (Å²) in [6.07, 6.45) is 1.94. The van der Waals surface area contributed by atoms with Crippen LogP contribution < -0.4 is 10.5 Å². The molecule has 0 saturated carbocycles. The highest BCUT2D eigenvalue weighted by Gasteiger charge is 1.95. The van der Waals surface area contributed by atoms with Crippen molar-refractivity contribution in [3.8, 4) is 5.75 Å². The Morgan fingerprint density at radius 1 is 1.19 bits per heavy atom. The minimum atomic E-state index is 0.583. The van der Waals surface area contributed by atoms with Crippen LogP contribution in [0, 0.1) is 0 Å². The van der Waals surface area contributed by atoms with Gasteiger partial charge in [-0.25, -0.2) is 0 Å². The molecule has 0 aliphatic heterocycles. The average molecular weight is 223 g/mol. The molecule has 16 heavy (non-hydrogen) atoms. The Hall–Kier alpha value is -1.06. The van der Waals surface area contributed by atoms with Crippen LogP contribution in [0.4, 0.5) is 0 Å². The van der Waals surface area contributed by atoms with Crippen molar-refractivity contribution in [2.24, 2.45) is 5.73 Å². The van der Waals surface area contributed by atoms with Gasteiger partial charge in [0.05, 0.1) is 13.2 Å². The number of ether oxygens (including phenoxy) is 2. The van der Waals surface area contributed by atoms with Crippen molar-refractivity contribution in [3.05, 3.63) is 29.8 Å². The van der Waals surface area contributed by atoms with Crippen molar-refractivity contribution in [2.45, 2.75) is 19.8 Å². The van der Waals surface area contributed by atoms with Gasteiger partial charge in [-0.1, -0.05) is 19.1 Å². The third-order valence-electron chi connectivity index (χ3n) is 2.27. The van der Waals surface area contributed by atoms with Gasteiger partial charge in [-0.3, -0.25) is 0 Å². The molecule has 0 unspecified atom stereocenters. The largest absolute Gasteiger partial charge is 0.493 e. The lowest BCUT2D eigenvalue weighted by atomic mass is 10.2. The fourth-order valence-electron chi connectivity index (χ4n) is 1.39. The maximum absolute atomic E-state index is 5.62. The molecule has 2 N–H and O–H groups in total. The smallest absolute Gasteiger partial charge is 0.119 e. The second kappa shape index (κ2) is 8.13. The lowest BCUT2D eigenvalue weighted by Crippen LogP contribution is -2.10. The van der Waals surface area contributed by atoms with Crippen molar-refractivity contribution in [1.82, 2.24) is 0 Å². The summed E-state index contributed by atoms with van der Waals surface area (Å²) in [6, 6.07) is 8.21. The Morgan fingerprint density at radius 3 is 2.81 bits per heavy atom. The Labute approximate surface area is 97.6 Å². The van der Waals surface area contributed by atoms with Crippen molar-refractivity contribution in [1.29, 1.82) is 0 Å². The normalized spacial score (nSPS) is 10.4. The van der Waals surface area contributed by atoms with E-state index in [1.165, 1.54) is 5.56 Å². The number of hydrogen-bond donors (Lipinski definition) is 1. The van der Waals surface area contributed by atoms with E-state index in [-0.39, 0.29) is 0 Å². The zero-order chi connectivity index (χ0) is 11.6. The summed E-state index contributed by atoms with van der Waals surface area (Å²) in [5, 5.41) is 0. The van der Waals surface area contributed by atoms with Crippen LogP contribution in [0.1, 0.15) is 18.9 Å². The van der Waals surface area contributed by atoms with Gasteiger partial charge in [0.1, 0.15) is 5.75 Å². The van der Waals surface area contributed by atoms with Gasteiger partial charge in [-0.05, 0) is 24.1 Å². The van der Waals surface area contributed by atoms with E-state index in [2.05, 4.69) is 19.1 Å². The molecule has 0 fully saturated rings. The molecule has 0 radical (unpaired) electrons. The molecule has 0 spiro atoms. The lowest BCUT2D eigenvalue weighted by molar-refractivity contribution is 0.126. The van der Waals surface area contributed by atoms with E-state index in [9.17, 15) is 0 Å². The minimum absolute atomic E-state index is 0.583. The minimum Gasteiger partial charge on any atom is -0.493 e. The summed E-state index contributed by atoms with van der Waals surface area (Å²) >= 11 is 0. The number of aryl methyl sites for hydroxylation is 1. The predicted octanol–water partition coefficient (Wildman–Crippen LogP) is 1.99. The summed E-state index contributed by atoms with van der Waals surface area (Å²) in [5.74, 6) is 0.943. The molecule has 1 rings (SSSR count). The average Bonchev–Trinajstić information content (AvgIpc) is 2.34. The summed E-state index contributed by atoms with van der Waals surface area (Å²) < 4.78 is 10.9. The molecular formula is C13H21NO2. The summed E-state index contributed by atoms with van der Waals surface area (Å²) in [7, 11) is 0. The first-order valence-electron chi connectivity index (χ1n) is 5.86. The van der Waals surface area contributed by atoms with E-state index in [1.54, 1.807) is 0 Å². The van der Waals surface area contributed by atoms with Gasteiger partial charge < -0.3 is 15.2 Å². The van der Waals surface area contributed by atoms with Crippen molar-refractivity contribution in [2.75, 3.05) is 26.4 Å². The molecule has 0 atom stereocenters. The van der Waals surface area contributed by atoms with Gasteiger partial charge in [0, 0.05) is 19.6 Å². The summed E-state index contributed by atoms with van der Waals surface area (Å²) in [6.45, 7) is 4.76. The van der Waals surface area contributed by atoms with Gasteiger partial charge in [-0.15, -0.1) is 0 Å². The second-order valence-electron chi connectivity index (χ2n) is 3.60. The number of benzene rings is 1. The Kier molecular flexibility index (Phi) is 6.61. The van der Waals surface area contributed by atoms with Crippen molar-refractivity contribution < 1.29 is 9.47 Å². The van der Waals surface area contributed by atoms with E-state index < -0.39 is 0 Å². The third kappa shape index (κ3) is 5.14. The Morgan fingerprint density at radius 2 is 2.06 bits per heavy atom. The number of hydrogen-bond acceptors (Lipinski definition) is 3. The van der Waals surface area contributed by atoms with Crippen LogP contribution in [0.3, 0.4) is 0 Å². The zero-order valence-electron chi connectivity index (χ0n) is 9.95. The molecule has 1 aromatic carbocycles. The molecular weight excluding hydrogens is 202 g/mol. The fraction of sp³-hybridized carbons (Fsp3) is 0.538. The third-order valence-corrected chi connectivity index (χ3v) is 2.27. The Bertz CT molecular complexity index is 289. The Balaban J connectivity index is 2.16. The molecule has 3 heteroatoms. The second-order valence-corrected chi connectivity index (χ2v) is 3.60. The first kappa shape index (κ1) is 13.0. The van der Waals surface area contributed by atoms with Crippen LogP contribution in [0.15, 0.2) is 24.3 Å². The summed E-state index contributed by atoms with van der Waals surface area (Å²) in [4.78, 5) is 0. The van der Waals surface area contributed by atoms with Gasteiger partial charge in [0.2, 0.25) is 0 Å². The van der Waals surface area contributed by atoms with Crippen LogP contribution in [-0.2, 0) is 11.2 Å². The lowest BCUT2D eigenvalue weighted by Gasteiger charge is -2.07. The van der Waals surface area contributed by atoms with E-state index in [4.69, 9.17) is 15.2 Å². The van der Waals surface area contributed by atoms with Gasteiger partial charge in [0.15, 0.2) is 0 Å². The van der Waals surface area contributed by atoms with Gasteiger partial charge >= 0.3 is 0 Å². The highest BCUT2D eigenvalue weighted by atomic mass is 16.5. The fourth-order valence-corrected chi connectivity index (χ4v) is 1.39. The van der Waals surface area contributed by atoms with E-state index in [0.29, 0.717) is 26.4 Å². The SMILES string of the molecule is CCc1cccc(OCCCOCCN)c1. The highest BCUT2D eigenvalue weighted by molar-refractivity contribution is 5.28. The number of rotatable bonds is 8. The zero-order valence-corrected chi connectivity index (χ0v) is 9.95. The first-order valence-corrected chi connectivity index (χ1v) is 5.86. The molecule has 0 aromatic heterocycles.